The summed E-state index contributed by atoms with van der Waals surface area (Å²) in [4.78, 5) is 4.01. The van der Waals surface area contributed by atoms with Crippen molar-refractivity contribution >= 4 is 17.3 Å². The second kappa shape index (κ2) is 3.42. The molecule has 1 aliphatic carbocycles. The van der Waals surface area contributed by atoms with Crippen LogP contribution in [-0.2, 0) is 0 Å². The predicted octanol–water partition coefficient (Wildman–Crippen LogP) is 2.32. The number of aromatic nitrogens is 1. The molecule has 3 nitrogen and oxygen atoms in total. The van der Waals surface area contributed by atoms with Gasteiger partial charge in [0.05, 0.1) is 18.0 Å². The lowest BCUT2D eigenvalue weighted by molar-refractivity contribution is 0.302. The Kier molecular flexibility index (Phi) is 2.27. The molecule has 0 amide bonds. The Morgan fingerprint density at radius 1 is 1.62 bits per heavy atom. The van der Waals surface area contributed by atoms with Gasteiger partial charge in [-0.15, -0.1) is 0 Å². The molecular formula is C9H11ClN2O. The molecular weight excluding hydrogens is 188 g/mol. The van der Waals surface area contributed by atoms with Crippen LogP contribution in [0.2, 0.25) is 5.15 Å². The minimum atomic E-state index is 0.396. The summed E-state index contributed by atoms with van der Waals surface area (Å²) in [6.07, 6.45) is 4.35. The molecule has 0 radical (unpaired) electrons. The van der Waals surface area contributed by atoms with Crippen molar-refractivity contribution in [3.63, 3.8) is 0 Å². The molecule has 0 unspecified atom stereocenters. The molecule has 13 heavy (non-hydrogen) atoms. The number of hydrogen-bond donors (Lipinski definition) is 1. The van der Waals surface area contributed by atoms with Crippen molar-refractivity contribution in [1.82, 2.24) is 4.98 Å². The summed E-state index contributed by atoms with van der Waals surface area (Å²) in [5, 5.41) is 3.43. The molecule has 2 rings (SSSR count). The molecule has 1 N–H and O–H groups in total. The van der Waals surface area contributed by atoms with E-state index in [1.54, 1.807) is 6.20 Å². The first-order valence-electron chi connectivity index (χ1n) is 4.29. The molecule has 0 aliphatic heterocycles. The molecule has 1 aromatic rings. The van der Waals surface area contributed by atoms with Crippen LogP contribution in [0, 0.1) is 0 Å². The van der Waals surface area contributed by atoms with E-state index in [0.717, 1.165) is 24.3 Å². The van der Waals surface area contributed by atoms with Gasteiger partial charge in [-0.2, -0.15) is 0 Å². The van der Waals surface area contributed by atoms with E-state index in [1.165, 1.54) is 0 Å². The number of halogens is 1. The Morgan fingerprint density at radius 3 is 3.00 bits per heavy atom. The van der Waals surface area contributed by atoms with E-state index in [1.807, 2.05) is 13.1 Å². The van der Waals surface area contributed by atoms with Gasteiger partial charge in [0.1, 0.15) is 5.75 Å². The second-order valence-corrected chi connectivity index (χ2v) is 3.43. The van der Waals surface area contributed by atoms with Crippen LogP contribution < -0.4 is 10.1 Å². The zero-order valence-corrected chi connectivity index (χ0v) is 8.14. The van der Waals surface area contributed by atoms with E-state index in [2.05, 4.69) is 10.3 Å². The minimum Gasteiger partial charge on any atom is -0.489 e. The Labute approximate surface area is 82.1 Å². The molecule has 1 aromatic heterocycles. The van der Waals surface area contributed by atoms with Gasteiger partial charge in [-0.25, -0.2) is 4.98 Å². The lowest BCUT2D eigenvalue weighted by Gasteiger charge is -2.07. The molecule has 0 atom stereocenters. The van der Waals surface area contributed by atoms with Crippen molar-refractivity contribution in [3.8, 4) is 5.75 Å². The van der Waals surface area contributed by atoms with Gasteiger partial charge >= 0.3 is 0 Å². The smallest absolute Gasteiger partial charge is 0.152 e. The van der Waals surface area contributed by atoms with Gasteiger partial charge in [-0.3, -0.25) is 0 Å². The van der Waals surface area contributed by atoms with Gasteiger partial charge < -0.3 is 10.1 Å². The van der Waals surface area contributed by atoms with Crippen LogP contribution in [0.5, 0.6) is 5.75 Å². The highest BCUT2D eigenvalue weighted by Gasteiger charge is 2.23. The Balaban J connectivity index is 2.16. The van der Waals surface area contributed by atoms with Crippen molar-refractivity contribution in [2.24, 2.45) is 0 Å². The van der Waals surface area contributed by atoms with Gasteiger partial charge in [0, 0.05) is 13.1 Å². The van der Waals surface area contributed by atoms with Crippen LogP contribution in [0.3, 0.4) is 0 Å². The Bertz CT molecular complexity index is 312. The second-order valence-electron chi connectivity index (χ2n) is 3.08. The summed E-state index contributed by atoms with van der Waals surface area (Å²) in [7, 11) is 1.81. The van der Waals surface area contributed by atoms with Crippen LogP contribution in [0.15, 0.2) is 12.3 Å². The number of ether oxygens (including phenoxy) is 1. The van der Waals surface area contributed by atoms with Crippen molar-refractivity contribution in [1.29, 1.82) is 0 Å². The van der Waals surface area contributed by atoms with Gasteiger partial charge in [-0.05, 0) is 12.8 Å². The van der Waals surface area contributed by atoms with Crippen LogP contribution in [0.25, 0.3) is 0 Å². The third-order valence-corrected chi connectivity index (χ3v) is 2.21. The van der Waals surface area contributed by atoms with E-state index in [-0.39, 0.29) is 0 Å². The Hall–Kier alpha value is -0.960. The fourth-order valence-corrected chi connectivity index (χ4v) is 1.24. The van der Waals surface area contributed by atoms with Gasteiger partial charge in [-0.1, -0.05) is 11.6 Å². The Morgan fingerprint density at radius 2 is 2.38 bits per heavy atom. The highest BCUT2D eigenvalue weighted by molar-refractivity contribution is 6.32. The molecule has 0 saturated heterocycles. The first-order chi connectivity index (χ1) is 6.29. The first kappa shape index (κ1) is 8.63. The summed E-state index contributed by atoms with van der Waals surface area (Å²) in [6, 6.07) is 1.87. The lowest BCUT2D eigenvalue weighted by Crippen LogP contribution is -1.98. The van der Waals surface area contributed by atoms with Gasteiger partial charge in [0.15, 0.2) is 5.15 Å². The molecule has 0 spiro atoms. The summed E-state index contributed by atoms with van der Waals surface area (Å²) < 4.78 is 5.56. The zero-order valence-electron chi connectivity index (χ0n) is 7.38. The number of pyridine rings is 1. The van der Waals surface area contributed by atoms with Crippen LogP contribution >= 0.6 is 11.6 Å². The fraction of sp³-hybridized carbons (Fsp3) is 0.444. The highest BCUT2D eigenvalue weighted by atomic mass is 35.5. The zero-order chi connectivity index (χ0) is 9.26. The van der Waals surface area contributed by atoms with Crippen molar-refractivity contribution in [2.45, 2.75) is 18.9 Å². The van der Waals surface area contributed by atoms with Crippen molar-refractivity contribution in [3.05, 3.63) is 17.4 Å². The van der Waals surface area contributed by atoms with E-state index in [9.17, 15) is 0 Å². The third-order valence-electron chi connectivity index (χ3n) is 1.91. The molecule has 4 heteroatoms. The van der Waals surface area contributed by atoms with Gasteiger partial charge in [0.25, 0.3) is 0 Å². The topological polar surface area (TPSA) is 34.1 Å². The lowest BCUT2D eigenvalue weighted by atomic mass is 10.4. The maximum atomic E-state index is 5.82. The quantitative estimate of drug-likeness (QED) is 0.757. The first-order valence-corrected chi connectivity index (χ1v) is 4.67. The van der Waals surface area contributed by atoms with E-state index in [4.69, 9.17) is 16.3 Å². The molecule has 0 bridgehead atoms. The molecule has 0 aromatic carbocycles. The van der Waals surface area contributed by atoms with E-state index < -0.39 is 0 Å². The van der Waals surface area contributed by atoms with Crippen molar-refractivity contribution in [2.75, 3.05) is 12.4 Å². The van der Waals surface area contributed by atoms with Gasteiger partial charge in [0.2, 0.25) is 0 Å². The van der Waals surface area contributed by atoms with Crippen LogP contribution in [0.1, 0.15) is 12.8 Å². The SMILES string of the molecule is CNc1cc(OC2CC2)cnc1Cl. The fourth-order valence-electron chi connectivity index (χ4n) is 1.05. The maximum absolute atomic E-state index is 5.82. The number of rotatable bonds is 3. The standard InChI is InChI=1S/C9H11ClN2O/c1-11-8-4-7(5-12-9(8)10)13-6-2-3-6/h4-6,11H,2-3H2,1H3. The van der Waals surface area contributed by atoms with Crippen LogP contribution in [0.4, 0.5) is 5.69 Å². The largest absolute Gasteiger partial charge is 0.489 e. The summed E-state index contributed by atoms with van der Waals surface area (Å²) >= 11 is 5.82. The number of hydrogen-bond acceptors (Lipinski definition) is 3. The van der Waals surface area contributed by atoms with Crippen molar-refractivity contribution < 1.29 is 4.74 Å². The van der Waals surface area contributed by atoms with E-state index in [0.29, 0.717) is 11.3 Å². The average molecular weight is 199 g/mol. The highest BCUT2D eigenvalue weighted by Crippen LogP contribution is 2.29. The number of nitrogens with one attached hydrogen (secondary N) is 1. The van der Waals surface area contributed by atoms with E-state index >= 15 is 0 Å². The molecule has 1 heterocycles. The minimum absolute atomic E-state index is 0.396. The molecule has 1 fully saturated rings. The average Bonchev–Trinajstić information content (AvgIpc) is 2.92. The number of anilines is 1. The van der Waals surface area contributed by atoms with Crippen LogP contribution in [-0.4, -0.2) is 18.1 Å². The molecule has 70 valence electrons. The molecule has 1 saturated carbocycles. The molecule has 1 aliphatic rings. The summed E-state index contributed by atoms with van der Waals surface area (Å²) in [5.41, 5.74) is 0.805. The predicted molar refractivity (Wildman–Crippen MR) is 52.4 cm³/mol. The summed E-state index contributed by atoms with van der Waals surface area (Å²) in [6.45, 7) is 0. The third kappa shape index (κ3) is 2.04. The number of nitrogens with zero attached hydrogens (tertiary/aromatic N) is 1. The monoisotopic (exact) mass is 198 g/mol. The summed E-state index contributed by atoms with van der Waals surface area (Å²) in [5.74, 6) is 0.788. The maximum Gasteiger partial charge on any atom is 0.152 e. The normalized spacial score (nSPS) is 15.5.